The molecule has 0 spiro atoms. The molecule has 0 saturated carbocycles. The number of thiophene rings is 1. The number of nitrogens with zero attached hydrogens (tertiary/aromatic N) is 2. The molecule has 2 rings (SSSR count). The monoisotopic (exact) mass is 240 g/mol. The average molecular weight is 240 g/mol. The lowest BCUT2D eigenvalue weighted by Gasteiger charge is -2.08. The molecule has 2 aromatic rings. The van der Waals surface area contributed by atoms with Crippen LogP contribution < -0.4 is 5.56 Å². The third kappa shape index (κ3) is 1.94. The maximum atomic E-state index is 11.9. The maximum Gasteiger partial charge on any atom is 0.271 e. The number of rotatable bonds is 2. The minimum absolute atomic E-state index is 0.0538. The molecule has 0 N–H and O–H groups in total. The van der Waals surface area contributed by atoms with Crippen LogP contribution in [0.5, 0.6) is 0 Å². The zero-order valence-corrected chi connectivity index (χ0v) is 10.5. The second kappa shape index (κ2) is 3.98. The van der Waals surface area contributed by atoms with Gasteiger partial charge in [-0.2, -0.15) is 0 Å². The molecular weight excluding hydrogens is 228 g/mol. The molecule has 0 saturated heterocycles. The molecule has 2 aromatic heterocycles. The van der Waals surface area contributed by atoms with E-state index in [-0.39, 0.29) is 5.56 Å². The number of aromatic nitrogens is 2. The smallest absolute Gasteiger partial charge is 0.271 e. The fourth-order valence-electron chi connectivity index (χ4n) is 1.28. The fraction of sp³-hybridized carbons (Fsp3) is 0.400. The van der Waals surface area contributed by atoms with Gasteiger partial charge in [0.1, 0.15) is 4.70 Å². The van der Waals surface area contributed by atoms with Crippen molar-refractivity contribution in [2.45, 2.75) is 24.3 Å². The van der Waals surface area contributed by atoms with Crippen LogP contribution in [0.1, 0.15) is 13.8 Å². The van der Waals surface area contributed by atoms with Crippen LogP contribution in [0.25, 0.3) is 10.2 Å². The molecule has 80 valence electrons. The summed E-state index contributed by atoms with van der Waals surface area (Å²) in [6.07, 6.45) is 0. The van der Waals surface area contributed by atoms with Gasteiger partial charge in [-0.1, -0.05) is 25.6 Å². The Kier molecular flexibility index (Phi) is 2.84. The SMILES string of the molecule is CC(C)Sc1nc2ccsc2c(=O)n1C. The van der Waals surface area contributed by atoms with Gasteiger partial charge in [-0.3, -0.25) is 9.36 Å². The van der Waals surface area contributed by atoms with Gasteiger partial charge in [0, 0.05) is 12.3 Å². The van der Waals surface area contributed by atoms with Crippen LogP contribution in [0.15, 0.2) is 21.4 Å². The van der Waals surface area contributed by atoms with Gasteiger partial charge in [0.15, 0.2) is 5.16 Å². The molecule has 0 amide bonds. The lowest BCUT2D eigenvalue weighted by Crippen LogP contribution is -2.19. The highest BCUT2D eigenvalue weighted by atomic mass is 32.2. The number of thioether (sulfide) groups is 1. The van der Waals surface area contributed by atoms with Crippen molar-refractivity contribution in [2.24, 2.45) is 7.05 Å². The van der Waals surface area contributed by atoms with E-state index in [1.54, 1.807) is 23.4 Å². The second-order valence-electron chi connectivity index (χ2n) is 3.56. The summed E-state index contributed by atoms with van der Waals surface area (Å²) in [5, 5.41) is 3.13. The Bertz CT molecular complexity index is 542. The Morgan fingerprint density at radius 3 is 2.93 bits per heavy atom. The van der Waals surface area contributed by atoms with Crippen molar-refractivity contribution in [1.82, 2.24) is 9.55 Å². The van der Waals surface area contributed by atoms with Crippen LogP contribution in [-0.2, 0) is 7.05 Å². The van der Waals surface area contributed by atoms with Crippen molar-refractivity contribution >= 4 is 33.3 Å². The van der Waals surface area contributed by atoms with Gasteiger partial charge in [0.25, 0.3) is 5.56 Å². The molecule has 0 atom stereocenters. The molecule has 0 aliphatic rings. The molecule has 3 nitrogen and oxygen atoms in total. The first-order valence-electron chi connectivity index (χ1n) is 4.70. The third-order valence-electron chi connectivity index (χ3n) is 1.99. The van der Waals surface area contributed by atoms with Crippen molar-refractivity contribution in [3.8, 4) is 0 Å². The van der Waals surface area contributed by atoms with Gasteiger partial charge in [-0.25, -0.2) is 4.98 Å². The van der Waals surface area contributed by atoms with Gasteiger partial charge in [-0.15, -0.1) is 11.3 Å². The van der Waals surface area contributed by atoms with Crippen LogP contribution in [0, 0.1) is 0 Å². The second-order valence-corrected chi connectivity index (χ2v) is 6.02. The van der Waals surface area contributed by atoms with Gasteiger partial charge < -0.3 is 0 Å². The van der Waals surface area contributed by atoms with Crippen molar-refractivity contribution in [3.63, 3.8) is 0 Å². The van der Waals surface area contributed by atoms with Crippen LogP contribution in [0.3, 0.4) is 0 Å². The van der Waals surface area contributed by atoms with E-state index in [2.05, 4.69) is 18.8 Å². The average Bonchev–Trinajstić information content (AvgIpc) is 2.61. The van der Waals surface area contributed by atoms with Crippen LogP contribution in [0.2, 0.25) is 0 Å². The van der Waals surface area contributed by atoms with E-state index in [0.717, 1.165) is 15.4 Å². The predicted molar refractivity (Wildman–Crippen MR) is 65.9 cm³/mol. The summed E-state index contributed by atoms with van der Waals surface area (Å²) < 4.78 is 2.37. The van der Waals surface area contributed by atoms with Gasteiger partial charge in [0.05, 0.1) is 5.52 Å². The minimum Gasteiger partial charge on any atom is -0.290 e. The van der Waals surface area contributed by atoms with E-state index >= 15 is 0 Å². The van der Waals surface area contributed by atoms with E-state index in [9.17, 15) is 4.79 Å². The number of fused-ring (bicyclic) bond motifs is 1. The van der Waals surface area contributed by atoms with Crippen molar-refractivity contribution in [3.05, 3.63) is 21.8 Å². The van der Waals surface area contributed by atoms with Gasteiger partial charge in [0.2, 0.25) is 0 Å². The molecular formula is C10H12N2OS2. The predicted octanol–water partition coefficient (Wildman–Crippen LogP) is 2.50. The Morgan fingerprint density at radius 1 is 1.53 bits per heavy atom. The van der Waals surface area contributed by atoms with E-state index in [4.69, 9.17) is 0 Å². The zero-order valence-electron chi connectivity index (χ0n) is 8.85. The van der Waals surface area contributed by atoms with Crippen molar-refractivity contribution < 1.29 is 0 Å². The van der Waals surface area contributed by atoms with Crippen LogP contribution in [-0.4, -0.2) is 14.8 Å². The number of hydrogen-bond donors (Lipinski definition) is 0. The first kappa shape index (κ1) is 10.7. The van der Waals surface area contributed by atoms with Crippen molar-refractivity contribution in [1.29, 1.82) is 0 Å². The third-order valence-corrected chi connectivity index (χ3v) is 3.93. The summed E-state index contributed by atoms with van der Waals surface area (Å²) in [4.78, 5) is 16.4. The number of hydrogen-bond acceptors (Lipinski definition) is 4. The Hall–Kier alpha value is -0.810. The van der Waals surface area contributed by atoms with Crippen LogP contribution in [0.4, 0.5) is 0 Å². The summed E-state index contributed by atoms with van der Waals surface area (Å²) in [5.74, 6) is 0. The normalized spacial score (nSPS) is 11.5. The molecule has 0 unspecified atom stereocenters. The van der Waals surface area contributed by atoms with Gasteiger partial charge in [-0.05, 0) is 11.4 Å². The van der Waals surface area contributed by atoms with E-state index in [1.807, 2.05) is 11.4 Å². The highest BCUT2D eigenvalue weighted by Crippen LogP contribution is 2.22. The highest BCUT2D eigenvalue weighted by Gasteiger charge is 2.10. The van der Waals surface area contributed by atoms with Crippen LogP contribution >= 0.6 is 23.1 Å². The summed E-state index contributed by atoms with van der Waals surface area (Å²) in [6, 6.07) is 1.89. The van der Waals surface area contributed by atoms with E-state index in [0.29, 0.717) is 5.25 Å². The molecule has 0 aliphatic carbocycles. The Labute approximate surface area is 96.1 Å². The molecule has 15 heavy (non-hydrogen) atoms. The summed E-state index contributed by atoms with van der Waals surface area (Å²) in [7, 11) is 1.78. The van der Waals surface area contributed by atoms with E-state index in [1.165, 1.54) is 11.3 Å². The topological polar surface area (TPSA) is 34.9 Å². The molecule has 0 aromatic carbocycles. The molecule has 0 bridgehead atoms. The first-order valence-corrected chi connectivity index (χ1v) is 6.46. The maximum absolute atomic E-state index is 11.9. The summed E-state index contributed by atoms with van der Waals surface area (Å²) in [6.45, 7) is 4.18. The molecule has 0 radical (unpaired) electrons. The molecule has 0 fully saturated rings. The largest absolute Gasteiger partial charge is 0.290 e. The standard InChI is InChI=1S/C10H12N2OS2/c1-6(2)15-10-11-7-4-5-14-8(7)9(13)12(10)3/h4-6H,1-3H3. The molecule has 0 aliphatic heterocycles. The first-order chi connectivity index (χ1) is 7.09. The molecule has 5 heteroatoms. The summed E-state index contributed by atoms with van der Waals surface area (Å²) >= 11 is 3.06. The Morgan fingerprint density at radius 2 is 2.27 bits per heavy atom. The van der Waals surface area contributed by atoms with Crippen molar-refractivity contribution in [2.75, 3.05) is 0 Å². The quantitative estimate of drug-likeness (QED) is 0.597. The van der Waals surface area contributed by atoms with E-state index < -0.39 is 0 Å². The Balaban J connectivity index is 2.65. The van der Waals surface area contributed by atoms with Gasteiger partial charge >= 0.3 is 0 Å². The zero-order chi connectivity index (χ0) is 11.0. The lowest BCUT2D eigenvalue weighted by atomic mass is 10.5. The fourth-order valence-corrected chi connectivity index (χ4v) is 2.90. The summed E-state index contributed by atoms with van der Waals surface area (Å²) in [5.41, 5.74) is 0.865. The highest BCUT2D eigenvalue weighted by molar-refractivity contribution is 7.99. The lowest BCUT2D eigenvalue weighted by molar-refractivity contribution is 0.726. The molecule has 2 heterocycles. The minimum atomic E-state index is 0.0538.